The molecule has 0 aliphatic rings. The Morgan fingerprint density at radius 2 is 1.78 bits per heavy atom. The highest BCUT2D eigenvalue weighted by molar-refractivity contribution is 7.80. The minimum Gasteiger partial charge on any atom is -0.489 e. The topological polar surface area (TPSA) is 45.7 Å². The van der Waals surface area contributed by atoms with Crippen LogP contribution in [0.25, 0.3) is 0 Å². The van der Waals surface area contributed by atoms with E-state index in [1.54, 1.807) is 6.21 Å². The van der Waals surface area contributed by atoms with Gasteiger partial charge in [-0.3, -0.25) is 5.43 Å². The molecule has 5 heteroatoms. The maximum Gasteiger partial charge on any atom is 0.191 e. The number of thiocarbonyl (C=S) groups is 1. The maximum absolute atomic E-state index is 5.83. The van der Waals surface area contributed by atoms with E-state index in [1.165, 1.54) is 5.56 Å². The lowest BCUT2D eigenvalue weighted by Crippen LogP contribution is -2.23. The van der Waals surface area contributed by atoms with Crippen LogP contribution in [-0.4, -0.2) is 11.3 Å². The molecular weight excluding hydrogens is 354 g/mol. The molecule has 3 rings (SSSR count). The van der Waals surface area contributed by atoms with Crippen LogP contribution in [0.3, 0.4) is 0 Å². The van der Waals surface area contributed by atoms with Crippen LogP contribution < -0.4 is 15.5 Å². The van der Waals surface area contributed by atoms with Crippen LogP contribution in [0.15, 0.2) is 84.0 Å². The van der Waals surface area contributed by atoms with Gasteiger partial charge < -0.3 is 10.1 Å². The number of hydrogen-bond donors (Lipinski definition) is 2. The number of aryl methyl sites for hydroxylation is 1. The fourth-order valence-corrected chi connectivity index (χ4v) is 2.56. The first-order valence-electron chi connectivity index (χ1n) is 8.62. The predicted molar refractivity (Wildman–Crippen MR) is 115 cm³/mol. The van der Waals surface area contributed by atoms with Crippen molar-refractivity contribution in [1.29, 1.82) is 0 Å². The molecule has 4 nitrogen and oxygen atoms in total. The molecule has 0 radical (unpaired) electrons. The fraction of sp³-hybridized carbons (Fsp3) is 0.0909. The Labute approximate surface area is 164 Å². The quantitative estimate of drug-likeness (QED) is 0.366. The molecule has 136 valence electrons. The zero-order valence-electron chi connectivity index (χ0n) is 15.1. The van der Waals surface area contributed by atoms with E-state index in [2.05, 4.69) is 15.8 Å². The molecule has 0 aromatic heterocycles. The van der Waals surface area contributed by atoms with Crippen molar-refractivity contribution in [3.63, 3.8) is 0 Å². The summed E-state index contributed by atoms with van der Waals surface area (Å²) < 4.78 is 5.83. The van der Waals surface area contributed by atoms with E-state index in [4.69, 9.17) is 17.0 Å². The van der Waals surface area contributed by atoms with Gasteiger partial charge >= 0.3 is 0 Å². The third kappa shape index (κ3) is 6.24. The van der Waals surface area contributed by atoms with Gasteiger partial charge in [-0.15, -0.1) is 0 Å². The highest BCUT2D eigenvalue weighted by Crippen LogP contribution is 2.14. The fourth-order valence-electron chi connectivity index (χ4n) is 2.39. The summed E-state index contributed by atoms with van der Waals surface area (Å²) >= 11 is 5.25. The number of nitrogens with one attached hydrogen (secondary N) is 2. The molecule has 0 amide bonds. The summed E-state index contributed by atoms with van der Waals surface area (Å²) in [6.45, 7) is 2.58. The molecule has 0 heterocycles. The summed E-state index contributed by atoms with van der Waals surface area (Å²) in [7, 11) is 0. The Kier molecular flexibility index (Phi) is 6.55. The lowest BCUT2D eigenvalue weighted by Gasteiger charge is -2.08. The van der Waals surface area contributed by atoms with Crippen molar-refractivity contribution < 1.29 is 4.74 Å². The lowest BCUT2D eigenvalue weighted by molar-refractivity contribution is 0.306. The Balaban J connectivity index is 1.51. The van der Waals surface area contributed by atoms with Crippen LogP contribution in [0, 0.1) is 6.92 Å². The molecule has 3 aromatic rings. The molecule has 0 aliphatic carbocycles. The van der Waals surface area contributed by atoms with Crippen molar-refractivity contribution in [1.82, 2.24) is 5.43 Å². The van der Waals surface area contributed by atoms with Crippen LogP contribution in [-0.2, 0) is 6.61 Å². The van der Waals surface area contributed by atoms with Crippen molar-refractivity contribution in [2.45, 2.75) is 13.5 Å². The Hall–Kier alpha value is -3.18. The monoisotopic (exact) mass is 375 g/mol. The standard InChI is InChI=1S/C22H21N3OS/c1-17-10-12-20(13-11-17)24-22(27)25-23-15-19-8-5-9-21(14-19)26-16-18-6-3-2-4-7-18/h2-15H,16H2,1H3,(H2,24,25,27)/b23-15-. The minimum absolute atomic E-state index is 0.437. The van der Waals surface area contributed by atoms with Gasteiger partial charge in [0.05, 0.1) is 6.21 Å². The number of hydrazone groups is 1. The van der Waals surface area contributed by atoms with E-state index < -0.39 is 0 Å². The molecule has 0 bridgehead atoms. The van der Waals surface area contributed by atoms with Gasteiger partial charge in [0.1, 0.15) is 12.4 Å². The molecular formula is C22H21N3OS. The van der Waals surface area contributed by atoms with Crippen molar-refractivity contribution in [2.75, 3.05) is 5.32 Å². The van der Waals surface area contributed by atoms with E-state index in [1.807, 2.05) is 85.8 Å². The first kappa shape index (κ1) is 18.6. The summed E-state index contributed by atoms with van der Waals surface area (Å²) in [5.74, 6) is 0.795. The normalized spacial score (nSPS) is 10.6. The first-order valence-corrected chi connectivity index (χ1v) is 9.03. The molecule has 0 spiro atoms. The average molecular weight is 375 g/mol. The van der Waals surface area contributed by atoms with E-state index in [0.29, 0.717) is 11.7 Å². The molecule has 27 heavy (non-hydrogen) atoms. The molecule has 0 aliphatic heterocycles. The highest BCUT2D eigenvalue weighted by atomic mass is 32.1. The van der Waals surface area contributed by atoms with E-state index in [-0.39, 0.29) is 0 Å². The molecule has 0 fully saturated rings. The number of ether oxygens (including phenoxy) is 1. The van der Waals surface area contributed by atoms with Crippen LogP contribution >= 0.6 is 12.2 Å². The van der Waals surface area contributed by atoms with Gasteiger partial charge in [0, 0.05) is 5.69 Å². The second-order valence-electron chi connectivity index (χ2n) is 6.04. The third-order valence-corrected chi connectivity index (χ3v) is 3.99. The maximum atomic E-state index is 5.83. The van der Waals surface area contributed by atoms with Gasteiger partial charge in [-0.1, -0.05) is 60.2 Å². The lowest BCUT2D eigenvalue weighted by atomic mass is 10.2. The number of benzene rings is 3. The summed E-state index contributed by atoms with van der Waals surface area (Å²) in [5, 5.41) is 7.70. The van der Waals surface area contributed by atoms with Gasteiger partial charge in [0.15, 0.2) is 5.11 Å². The Morgan fingerprint density at radius 1 is 1.00 bits per heavy atom. The Bertz CT molecular complexity index is 908. The van der Waals surface area contributed by atoms with Gasteiger partial charge in [-0.2, -0.15) is 5.10 Å². The van der Waals surface area contributed by atoms with Crippen LogP contribution in [0.4, 0.5) is 5.69 Å². The van der Waals surface area contributed by atoms with Crippen molar-refractivity contribution >= 4 is 29.2 Å². The van der Waals surface area contributed by atoms with Crippen molar-refractivity contribution in [3.8, 4) is 5.75 Å². The number of rotatable bonds is 6. The zero-order valence-corrected chi connectivity index (χ0v) is 15.9. The van der Waals surface area contributed by atoms with Crippen LogP contribution in [0.2, 0.25) is 0 Å². The number of nitrogens with zero attached hydrogens (tertiary/aromatic N) is 1. The first-order chi connectivity index (χ1) is 13.2. The molecule has 3 aromatic carbocycles. The van der Waals surface area contributed by atoms with Gasteiger partial charge in [-0.25, -0.2) is 0 Å². The smallest absolute Gasteiger partial charge is 0.191 e. The van der Waals surface area contributed by atoms with Crippen molar-refractivity contribution in [3.05, 3.63) is 95.6 Å². The van der Waals surface area contributed by atoms with Gasteiger partial charge in [-0.05, 0) is 54.5 Å². The SMILES string of the molecule is Cc1ccc(NC(=S)N/N=C\c2cccc(OCc3ccccc3)c2)cc1. The van der Waals surface area contributed by atoms with Gasteiger partial charge in [0.25, 0.3) is 0 Å². The third-order valence-electron chi connectivity index (χ3n) is 3.80. The summed E-state index contributed by atoms with van der Waals surface area (Å²) in [6.07, 6.45) is 1.71. The largest absolute Gasteiger partial charge is 0.489 e. The second-order valence-corrected chi connectivity index (χ2v) is 6.45. The number of hydrogen-bond acceptors (Lipinski definition) is 3. The molecule has 0 unspecified atom stereocenters. The molecule has 0 atom stereocenters. The molecule has 2 N–H and O–H groups in total. The summed E-state index contributed by atoms with van der Waals surface area (Å²) in [6, 6.07) is 25.8. The van der Waals surface area contributed by atoms with Crippen LogP contribution in [0.1, 0.15) is 16.7 Å². The van der Waals surface area contributed by atoms with Gasteiger partial charge in [0.2, 0.25) is 0 Å². The Morgan fingerprint density at radius 3 is 2.56 bits per heavy atom. The molecule has 0 saturated heterocycles. The summed E-state index contributed by atoms with van der Waals surface area (Å²) in [4.78, 5) is 0. The van der Waals surface area contributed by atoms with Crippen LogP contribution in [0.5, 0.6) is 5.75 Å². The van der Waals surface area contributed by atoms with E-state index >= 15 is 0 Å². The summed E-state index contributed by atoms with van der Waals surface area (Å²) in [5.41, 5.74) is 6.99. The van der Waals surface area contributed by atoms with E-state index in [0.717, 1.165) is 22.6 Å². The van der Waals surface area contributed by atoms with E-state index in [9.17, 15) is 0 Å². The second kappa shape index (κ2) is 9.50. The zero-order chi connectivity index (χ0) is 18.9. The minimum atomic E-state index is 0.437. The molecule has 0 saturated carbocycles. The highest BCUT2D eigenvalue weighted by Gasteiger charge is 1.98. The van der Waals surface area contributed by atoms with Crippen molar-refractivity contribution in [2.24, 2.45) is 5.10 Å². The average Bonchev–Trinajstić information content (AvgIpc) is 2.69. The number of anilines is 1. The predicted octanol–water partition coefficient (Wildman–Crippen LogP) is 4.89.